The fraction of sp³-hybridized carbons (Fsp3) is 0.385. The van der Waals surface area contributed by atoms with Crippen LogP contribution in [0.4, 0.5) is 17.1 Å². The van der Waals surface area contributed by atoms with Crippen LogP contribution >= 0.6 is 0 Å². The van der Waals surface area contributed by atoms with E-state index in [9.17, 15) is 29.4 Å². The molecule has 10 nitrogen and oxygen atoms in total. The van der Waals surface area contributed by atoms with Crippen LogP contribution in [0.2, 0.25) is 0 Å². The largest absolute Gasteiger partial charge is 0.469 e. The van der Waals surface area contributed by atoms with Gasteiger partial charge >= 0.3 is 5.97 Å². The van der Waals surface area contributed by atoms with E-state index in [0.29, 0.717) is 55.6 Å². The summed E-state index contributed by atoms with van der Waals surface area (Å²) in [5.74, 6) is -1.78. The van der Waals surface area contributed by atoms with Gasteiger partial charge in [-0.2, -0.15) is 0 Å². The molecular formula is C39H43N3O7. The van der Waals surface area contributed by atoms with Gasteiger partial charge in [-0.15, -0.1) is 0 Å². The van der Waals surface area contributed by atoms with Crippen molar-refractivity contribution in [2.45, 2.75) is 70.1 Å². The van der Waals surface area contributed by atoms with E-state index in [4.69, 9.17) is 4.74 Å². The molecule has 3 heterocycles. The number of aryl methyl sites for hydroxylation is 1. The third-order valence-electron chi connectivity index (χ3n) is 10.1. The lowest BCUT2D eigenvalue weighted by atomic mass is 9.82. The number of hydrogen-bond acceptors (Lipinski definition) is 7. The number of amides is 3. The Labute approximate surface area is 286 Å². The minimum absolute atomic E-state index is 0.0382. The molecule has 49 heavy (non-hydrogen) atoms. The molecule has 10 heteroatoms. The highest BCUT2D eigenvalue weighted by molar-refractivity contribution is 6.09. The number of nitrogens with zero attached hydrogens (tertiary/aromatic N) is 3. The van der Waals surface area contributed by atoms with Gasteiger partial charge in [0.1, 0.15) is 0 Å². The first-order valence-electron chi connectivity index (χ1n) is 17.0. The van der Waals surface area contributed by atoms with Crippen molar-refractivity contribution >= 4 is 40.8 Å². The summed E-state index contributed by atoms with van der Waals surface area (Å²) in [6.07, 6.45) is 6.22. The molecule has 3 aliphatic rings. The van der Waals surface area contributed by atoms with Crippen LogP contribution in [0.25, 0.3) is 0 Å². The molecule has 0 aromatic heterocycles. The Morgan fingerprint density at radius 1 is 0.980 bits per heavy atom. The molecule has 0 radical (unpaired) electrons. The molecule has 0 aliphatic carbocycles. The van der Waals surface area contributed by atoms with Crippen molar-refractivity contribution in [3.63, 3.8) is 0 Å². The SMILES string of the molecule is COC(=O)CCCCN1C(=O)[C@@](O)([C@@H](C)/C=C/CC(=O)N2Cc3ccccc3C[C@H]2CO)c2cc(N3C(=O)CCc4ccccc43)ccc21. The highest BCUT2D eigenvalue weighted by Crippen LogP contribution is 2.48. The normalized spacial score (nSPS) is 20.7. The molecular weight excluding hydrogens is 622 g/mol. The smallest absolute Gasteiger partial charge is 0.305 e. The van der Waals surface area contributed by atoms with Crippen LogP contribution in [-0.4, -0.2) is 65.1 Å². The van der Waals surface area contributed by atoms with Crippen molar-refractivity contribution in [1.82, 2.24) is 4.90 Å². The number of anilines is 3. The molecule has 0 fully saturated rings. The van der Waals surface area contributed by atoms with Gasteiger partial charge in [-0.25, -0.2) is 0 Å². The maximum Gasteiger partial charge on any atom is 0.305 e. The number of hydrogen-bond donors (Lipinski definition) is 2. The van der Waals surface area contributed by atoms with Crippen molar-refractivity contribution in [2.75, 3.05) is 30.1 Å². The topological polar surface area (TPSA) is 128 Å². The van der Waals surface area contributed by atoms with Gasteiger partial charge in [0.15, 0.2) is 5.60 Å². The van der Waals surface area contributed by atoms with E-state index in [-0.39, 0.29) is 49.8 Å². The lowest BCUT2D eigenvalue weighted by molar-refractivity contribution is -0.140. The highest BCUT2D eigenvalue weighted by Gasteiger charge is 2.52. The summed E-state index contributed by atoms with van der Waals surface area (Å²) in [4.78, 5) is 57.4. The van der Waals surface area contributed by atoms with Crippen molar-refractivity contribution < 1.29 is 34.1 Å². The van der Waals surface area contributed by atoms with Crippen LogP contribution in [0, 0.1) is 5.92 Å². The Bertz CT molecular complexity index is 1790. The molecule has 3 amide bonds. The number of unbranched alkanes of at least 4 members (excludes halogenated alkanes) is 1. The predicted molar refractivity (Wildman–Crippen MR) is 185 cm³/mol. The molecule has 3 atom stereocenters. The Morgan fingerprint density at radius 3 is 2.47 bits per heavy atom. The third-order valence-corrected chi connectivity index (χ3v) is 10.1. The standard InChI is InChI=1S/C39H43N3O7/c1-26(10-9-15-35(44)41-24-29-13-4-3-12-28(29)22-31(41)25-43)39(48)32-23-30(42-33-14-6-5-11-27(33)17-20-36(42)45)18-19-34(32)40(38(39)47)21-8-7-16-37(46)49-2/h3-6,9-14,18-19,23,26,31,43,48H,7-8,15-17,20-22,24-25H2,1-2H3/b10-9+/t26-,31-,39+/m0/s1. The van der Waals surface area contributed by atoms with Gasteiger partial charge in [0, 0.05) is 49.5 Å². The van der Waals surface area contributed by atoms with Crippen molar-refractivity contribution in [3.05, 3.63) is 101 Å². The monoisotopic (exact) mass is 665 g/mol. The number of para-hydroxylation sites is 1. The number of benzene rings is 3. The van der Waals surface area contributed by atoms with Crippen LogP contribution in [0.3, 0.4) is 0 Å². The summed E-state index contributed by atoms with van der Waals surface area (Å²) in [5.41, 5.74) is 3.51. The number of methoxy groups -OCH3 is 1. The number of rotatable bonds is 11. The minimum atomic E-state index is -1.97. The van der Waals surface area contributed by atoms with Gasteiger partial charge < -0.3 is 24.7 Å². The number of aliphatic hydroxyl groups is 2. The lowest BCUT2D eigenvalue weighted by Gasteiger charge is -2.36. The number of carbonyl (C=O) groups is 4. The van der Waals surface area contributed by atoms with Crippen LogP contribution in [-0.2, 0) is 48.9 Å². The second-order valence-corrected chi connectivity index (χ2v) is 13.1. The Balaban J connectivity index is 1.27. The number of esters is 1. The van der Waals surface area contributed by atoms with E-state index >= 15 is 0 Å². The Hall–Kier alpha value is -4.80. The lowest BCUT2D eigenvalue weighted by Crippen LogP contribution is -2.46. The molecule has 3 aliphatic heterocycles. The summed E-state index contributed by atoms with van der Waals surface area (Å²) < 4.78 is 4.75. The Morgan fingerprint density at radius 2 is 1.71 bits per heavy atom. The zero-order chi connectivity index (χ0) is 34.7. The van der Waals surface area contributed by atoms with Gasteiger partial charge in [0.25, 0.3) is 5.91 Å². The molecule has 0 saturated heterocycles. The summed E-state index contributed by atoms with van der Waals surface area (Å²) in [6, 6.07) is 20.6. The molecule has 3 aromatic rings. The molecule has 6 rings (SSSR count). The van der Waals surface area contributed by atoms with E-state index in [1.165, 1.54) is 7.11 Å². The Kier molecular flexibility index (Phi) is 9.99. The van der Waals surface area contributed by atoms with Gasteiger partial charge in [0.05, 0.1) is 31.1 Å². The van der Waals surface area contributed by atoms with Gasteiger partial charge in [-0.1, -0.05) is 61.5 Å². The predicted octanol–water partition coefficient (Wildman–Crippen LogP) is 4.70. The van der Waals surface area contributed by atoms with Crippen LogP contribution < -0.4 is 9.80 Å². The average Bonchev–Trinajstić information content (AvgIpc) is 3.34. The maximum atomic E-state index is 14.2. The van der Waals surface area contributed by atoms with Crippen molar-refractivity contribution in [3.8, 4) is 0 Å². The highest BCUT2D eigenvalue weighted by atomic mass is 16.5. The third kappa shape index (κ3) is 6.50. The molecule has 0 spiro atoms. The van der Waals surface area contributed by atoms with Gasteiger partial charge in [-0.05, 0) is 66.6 Å². The zero-order valence-corrected chi connectivity index (χ0v) is 28.0. The van der Waals surface area contributed by atoms with E-state index in [0.717, 1.165) is 22.4 Å². The quantitative estimate of drug-likeness (QED) is 0.173. The fourth-order valence-electron chi connectivity index (χ4n) is 7.32. The van der Waals surface area contributed by atoms with Gasteiger partial charge in [0.2, 0.25) is 11.8 Å². The summed E-state index contributed by atoms with van der Waals surface area (Å²) >= 11 is 0. The molecule has 3 aromatic carbocycles. The van der Waals surface area contributed by atoms with E-state index in [1.54, 1.807) is 52.0 Å². The first-order valence-corrected chi connectivity index (χ1v) is 17.0. The van der Waals surface area contributed by atoms with E-state index < -0.39 is 17.4 Å². The molecule has 2 N–H and O–H groups in total. The fourth-order valence-corrected chi connectivity index (χ4v) is 7.32. The minimum Gasteiger partial charge on any atom is -0.469 e. The maximum absolute atomic E-state index is 14.2. The van der Waals surface area contributed by atoms with Crippen molar-refractivity contribution in [1.29, 1.82) is 0 Å². The molecule has 0 saturated carbocycles. The second-order valence-electron chi connectivity index (χ2n) is 13.1. The second kappa shape index (κ2) is 14.4. The summed E-state index contributed by atoms with van der Waals surface area (Å²) in [7, 11) is 1.34. The van der Waals surface area contributed by atoms with Crippen LogP contribution in [0.1, 0.15) is 61.3 Å². The number of aliphatic hydroxyl groups excluding tert-OH is 1. The number of fused-ring (bicyclic) bond motifs is 3. The van der Waals surface area contributed by atoms with E-state index in [1.807, 2.05) is 48.5 Å². The van der Waals surface area contributed by atoms with Crippen LogP contribution in [0.15, 0.2) is 78.9 Å². The molecule has 0 bridgehead atoms. The zero-order valence-electron chi connectivity index (χ0n) is 28.0. The summed E-state index contributed by atoms with van der Waals surface area (Å²) in [6.45, 7) is 2.29. The van der Waals surface area contributed by atoms with Gasteiger partial charge in [-0.3, -0.25) is 24.1 Å². The number of carbonyl (C=O) groups excluding carboxylic acids is 4. The van der Waals surface area contributed by atoms with Crippen LogP contribution in [0.5, 0.6) is 0 Å². The first kappa shape index (κ1) is 34.1. The first-order chi connectivity index (χ1) is 23.7. The molecule has 0 unspecified atom stereocenters. The van der Waals surface area contributed by atoms with E-state index in [2.05, 4.69) is 0 Å². The average molecular weight is 666 g/mol. The molecule has 256 valence electrons. The summed E-state index contributed by atoms with van der Waals surface area (Å²) in [5, 5.41) is 22.4. The van der Waals surface area contributed by atoms with Crippen molar-refractivity contribution in [2.24, 2.45) is 5.92 Å². The number of ether oxygens (including phenoxy) is 1.